The highest BCUT2D eigenvalue weighted by atomic mass is 19.1. The number of unbranched alkanes of at least 4 members (excludes halogenated alkanes) is 5. The van der Waals surface area contributed by atoms with Gasteiger partial charge < -0.3 is 29.9 Å². The topological polar surface area (TPSA) is 202 Å². The van der Waals surface area contributed by atoms with E-state index in [-0.39, 0.29) is 73.4 Å². The summed E-state index contributed by atoms with van der Waals surface area (Å²) in [6, 6.07) is 0. The molecule has 8 aliphatic rings. The second-order valence-electron chi connectivity index (χ2n) is 23.1. The summed E-state index contributed by atoms with van der Waals surface area (Å²) in [6.07, 6.45) is 17.2. The Morgan fingerprint density at radius 1 is 0.765 bits per heavy atom. The van der Waals surface area contributed by atoms with Crippen LogP contribution in [-0.2, 0) is 38.2 Å². The predicted octanol–water partition coefficient (Wildman–Crippen LogP) is 7.28. The summed E-state index contributed by atoms with van der Waals surface area (Å²) in [6.45, 7) is 8.86. The number of aliphatic hydroxyl groups is 4. The molecule has 373 valence electrons. The number of halogens is 1. The molecule has 1 radical (unpaired) electrons. The average molecular weight is 946 g/mol. The number of hydrogen-bond acceptors (Lipinski definition) is 12. The molecule has 0 heterocycles. The minimum absolute atomic E-state index is 0.0151. The molecule has 68 heavy (non-hydrogen) atoms. The Balaban J connectivity index is 0.699. The fourth-order valence-electron chi connectivity index (χ4n) is 16.0. The molecule has 6 fully saturated rings. The maximum Gasteiger partial charge on any atom is 0.306 e. The molecule has 0 aromatic carbocycles. The summed E-state index contributed by atoms with van der Waals surface area (Å²) < 4.78 is 28.2. The maximum absolute atomic E-state index is 17.5. The van der Waals surface area contributed by atoms with Gasteiger partial charge in [-0.15, -0.1) is 0 Å². The van der Waals surface area contributed by atoms with E-state index >= 15 is 4.39 Å². The molecule has 0 spiro atoms. The van der Waals surface area contributed by atoms with E-state index < -0.39 is 86.9 Å². The first-order chi connectivity index (χ1) is 32.0. The van der Waals surface area contributed by atoms with Crippen molar-refractivity contribution in [3.63, 3.8) is 0 Å². The molecular weight excluding hydrogens is 872 g/mol. The number of alkyl halides is 1. The number of ether oxygens (including phenoxy) is 2. The molecule has 0 aromatic rings. The van der Waals surface area contributed by atoms with Crippen molar-refractivity contribution in [3.8, 4) is 0 Å². The Morgan fingerprint density at radius 2 is 1.43 bits per heavy atom. The molecule has 0 bridgehead atoms. The second-order valence-corrected chi connectivity index (χ2v) is 23.1. The zero-order chi connectivity index (χ0) is 49.2. The zero-order valence-electron chi connectivity index (χ0n) is 40.7. The first-order valence-corrected chi connectivity index (χ1v) is 25.6. The Hall–Kier alpha value is -3.65. The molecule has 0 aromatic heterocycles. The van der Waals surface area contributed by atoms with Gasteiger partial charge in [-0.25, -0.2) is 4.39 Å². The lowest BCUT2D eigenvalue weighted by atomic mass is 9.44. The van der Waals surface area contributed by atoms with Gasteiger partial charge in [0.2, 0.25) is 5.78 Å². The van der Waals surface area contributed by atoms with Crippen LogP contribution >= 0.6 is 0 Å². The van der Waals surface area contributed by atoms with E-state index in [0.29, 0.717) is 76.2 Å². The number of allylic oxidation sites excluding steroid dienone is 8. The molecule has 0 saturated heterocycles. The van der Waals surface area contributed by atoms with Crippen LogP contribution in [-0.4, -0.2) is 97.8 Å². The van der Waals surface area contributed by atoms with Crippen molar-refractivity contribution in [1.29, 1.82) is 0 Å². The number of carbonyl (C=O) groups is 6. The van der Waals surface area contributed by atoms with E-state index in [1.165, 1.54) is 12.2 Å². The monoisotopic (exact) mass is 946 g/mol. The van der Waals surface area contributed by atoms with Crippen LogP contribution in [0, 0.1) is 63.6 Å². The van der Waals surface area contributed by atoms with Crippen LogP contribution in [0.3, 0.4) is 0 Å². The quantitative estimate of drug-likeness (QED) is 0.0840. The molecule has 0 amide bonds. The van der Waals surface area contributed by atoms with Crippen LogP contribution in [0.15, 0.2) is 47.6 Å². The molecule has 5 unspecified atom stereocenters. The van der Waals surface area contributed by atoms with Gasteiger partial charge in [0.1, 0.15) is 11.2 Å². The average Bonchev–Trinajstić information content (AvgIpc) is 3.67. The normalized spacial score (nSPS) is 43.2. The van der Waals surface area contributed by atoms with E-state index in [1.54, 1.807) is 39.0 Å². The molecule has 8 rings (SSSR count). The second kappa shape index (κ2) is 18.5. The van der Waals surface area contributed by atoms with E-state index in [9.17, 15) is 49.2 Å². The van der Waals surface area contributed by atoms with Gasteiger partial charge in [0.25, 0.3) is 0 Å². The highest BCUT2D eigenvalue weighted by Crippen LogP contribution is 2.71. The molecule has 6 saturated carbocycles. The SMILES string of the molecule is C[C@@H]1CC2C3CCC4=CC(=O)C=C[C@]4(C)[C@@]3(F)[C@@H](O)C[C@]2(C)[C@@]1(O)C(=O)COC(=O)CCCCCOC(=O)CCCC[CH]CC(=O)[C@@]1(O)CCC2C3CCC4=CC(=O)C=C[C@]4(C)C3[C@@H](O)C[C@@]21C. The summed E-state index contributed by atoms with van der Waals surface area (Å²) in [4.78, 5) is 76.9. The Morgan fingerprint density at radius 3 is 2.16 bits per heavy atom. The van der Waals surface area contributed by atoms with Gasteiger partial charge in [-0.3, -0.25) is 28.8 Å². The standard InChI is InChI=1S/C55H74FO12/c1-33-27-41-40-19-17-35-29-37(58)21-24-50(35,3)54(40,56)44(61)31-52(41,5)55(33,66)45(62)32-68-47(64)15-11-8-12-26-67-46(63)14-10-7-6-9-13-43(60)53(65)25-22-39-38-18-16-34-28-36(57)20-23-49(34,2)48(38)42(59)30-51(39,53)4/h9,20-21,23-24,28-29,33,38-42,44,48,59,61,65-66H,6-8,10-19,22,25-27,30-32H2,1-5H3/t33-,38?,39?,40?,41?,42+,44+,48?,49+,50+,51+,52+,53+,54+,55+/m1/s1. The van der Waals surface area contributed by atoms with Crippen LogP contribution in [0.25, 0.3) is 0 Å². The maximum atomic E-state index is 17.5. The fraction of sp³-hybridized carbons (Fsp3) is 0.727. The lowest BCUT2D eigenvalue weighted by Crippen LogP contribution is -2.69. The smallest absolute Gasteiger partial charge is 0.306 e. The zero-order valence-corrected chi connectivity index (χ0v) is 40.7. The van der Waals surface area contributed by atoms with Gasteiger partial charge in [-0.1, -0.05) is 57.4 Å². The van der Waals surface area contributed by atoms with Crippen LogP contribution in [0.2, 0.25) is 0 Å². The van der Waals surface area contributed by atoms with E-state index in [2.05, 4.69) is 6.92 Å². The lowest BCUT2D eigenvalue weighted by Gasteiger charge is -2.62. The number of Topliss-reactive ketones (excluding diaryl/α,β-unsaturated/α-hetero) is 2. The summed E-state index contributed by atoms with van der Waals surface area (Å²) in [7, 11) is 0. The summed E-state index contributed by atoms with van der Waals surface area (Å²) >= 11 is 0. The number of carbonyl (C=O) groups excluding carboxylic acids is 6. The van der Waals surface area contributed by atoms with E-state index in [0.717, 1.165) is 24.8 Å². The van der Waals surface area contributed by atoms with E-state index in [4.69, 9.17) is 9.47 Å². The fourth-order valence-corrected chi connectivity index (χ4v) is 16.0. The van der Waals surface area contributed by atoms with Crippen LogP contribution in [0.5, 0.6) is 0 Å². The number of fused-ring (bicyclic) bond motifs is 10. The third-order valence-electron chi connectivity index (χ3n) is 19.8. The number of esters is 2. The van der Waals surface area contributed by atoms with Crippen molar-refractivity contribution in [2.45, 2.75) is 179 Å². The molecule has 8 aliphatic carbocycles. The van der Waals surface area contributed by atoms with Gasteiger partial charge in [0, 0.05) is 52.8 Å². The number of rotatable bonds is 17. The predicted molar refractivity (Wildman–Crippen MR) is 249 cm³/mol. The number of aliphatic hydroxyl groups excluding tert-OH is 2. The molecular formula is C55H74FO12. The minimum atomic E-state index is -2.09. The van der Waals surface area contributed by atoms with Crippen molar-refractivity contribution in [3.05, 3.63) is 54.0 Å². The van der Waals surface area contributed by atoms with Gasteiger partial charge in [-0.2, -0.15) is 0 Å². The highest BCUT2D eigenvalue weighted by molar-refractivity contribution is 6.02. The lowest BCUT2D eigenvalue weighted by molar-refractivity contribution is -0.220. The third-order valence-corrected chi connectivity index (χ3v) is 19.8. The van der Waals surface area contributed by atoms with E-state index in [1.807, 2.05) is 19.4 Å². The Bertz CT molecular complexity index is 2190. The highest BCUT2D eigenvalue weighted by Gasteiger charge is 2.76. The van der Waals surface area contributed by atoms with Crippen molar-refractivity contribution < 1.29 is 63.1 Å². The molecule has 4 N–H and O–H groups in total. The summed E-state index contributed by atoms with van der Waals surface area (Å²) in [5, 5.41) is 47.4. The minimum Gasteiger partial charge on any atom is -0.466 e. The molecule has 15 atom stereocenters. The van der Waals surface area contributed by atoms with Crippen molar-refractivity contribution in [2.75, 3.05) is 13.2 Å². The van der Waals surface area contributed by atoms with Crippen LogP contribution in [0.4, 0.5) is 4.39 Å². The summed E-state index contributed by atoms with van der Waals surface area (Å²) in [5.41, 5.74) is -7.33. The number of hydrogen-bond donors (Lipinski definition) is 4. The van der Waals surface area contributed by atoms with Crippen molar-refractivity contribution >= 4 is 35.1 Å². The third kappa shape index (κ3) is 7.90. The van der Waals surface area contributed by atoms with Gasteiger partial charge in [-0.05, 0) is 151 Å². The summed E-state index contributed by atoms with van der Waals surface area (Å²) in [5.74, 6) is -3.52. The Kier molecular flexibility index (Phi) is 13.8. The van der Waals surface area contributed by atoms with Gasteiger partial charge in [0.15, 0.2) is 29.6 Å². The first kappa shape index (κ1) is 50.7. The van der Waals surface area contributed by atoms with Crippen molar-refractivity contribution in [2.24, 2.45) is 57.2 Å². The first-order valence-electron chi connectivity index (χ1n) is 25.6. The molecule has 12 nitrogen and oxygen atoms in total. The molecule has 0 aliphatic heterocycles. The van der Waals surface area contributed by atoms with Gasteiger partial charge in [0.05, 0.1) is 18.8 Å². The van der Waals surface area contributed by atoms with Gasteiger partial charge >= 0.3 is 11.9 Å². The number of ketones is 4. The largest absolute Gasteiger partial charge is 0.466 e. The van der Waals surface area contributed by atoms with Crippen LogP contribution in [0.1, 0.15) is 150 Å². The van der Waals surface area contributed by atoms with Crippen LogP contribution < -0.4 is 0 Å². The van der Waals surface area contributed by atoms with Crippen molar-refractivity contribution in [1.82, 2.24) is 0 Å². The Labute approximate surface area is 400 Å². The molecule has 13 heteroatoms.